The van der Waals surface area contributed by atoms with Crippen LogP contribution in [0.2, 0.25) is 15.1 Å². The number of benzene rings is 2. The van der Waals surface area contributed by atoms with Gasteiger partial charge in [0.1, 0.15) is 11.3 Å². The van der Waals surface area contributed by atoms with Crippen molar-refractivity contribution in [2.45, 2.75) is 0 Å². The van der Waals surface area contributed by atoms with E-state index in [1.54, 1.807) is 18.2 Å². The number of hydrogen-bond donors (Lipinski definition) is 1. The second-order valence-electron chi connectivity index (χ2n) is 4.57. The molecule has 0 aliphatic rings. The van der Waals surface area contributed by atoms with Gasteiger partial charge < -0.3 is 14.8 Å². The average molecular weight is 389 g/mol. The minimum Gasteiger partial charge on any atom is -0.496 e. The highest BCUT2D eigenvalue weighted by atomic mass is 35.5. The molecule has 0 radical (unpaired) electrons. The molecule has 5 nitrogen and oxygen atoms in total. The summed E-state index contributed by atoms with van der Waals surface area (Å²) >= 11 is 17.6. The molecule has 1 N–H and O–H groups in total. The van der Waals surface area contributed by atoms with Crippen LogP contribution < -0.4 is 10.1 Å². The summed E-state index contributed by atoms with van der Waals surface area (Å²) in [4.78, 5) is 23.9. The number of methoxy groups -OCH3 is 1. The van der Waals surface area contributed by atoms with Gasteiger partial charge >= 0.3 is 5.97 Å². The molecule has 0 aliphatic carbocycles. The first kappa shape index (κ1) is 18.4. The Morgan fingerprint density at radius 1 is 1.04 bits per heavy atom. The van der Waals surface area contributed by atoms with E-state index in [9.17, 15) is 9.59 Å². The van der Waals surface area contributed by atoms with Crippen molar-refractivity contribution in [1.29, 1.82) is 0 Å². The lowest BCUT2D eigenvalue weighted by molar-refractivity contribution is -0.119. The number of carbonyl (C=O) groups excluding carboxylic acids is 2. The van der Waals surface area contributed by atoms with Crippen LogP contribution in [0, 0.1) is 0 Å². The fourth-order valence-electron chi connectivity index (χ4n) is 1.83. The second-order valence-corrected chi connectivity index (χ2v) is 5.79. The Hall–Kier alpha value is -1.95. The van der Waals surface area contributed by atoms with Crippen LogP contribution in [0.15, 0.2) is 36.4 Å². The van der Waals surface area contributed by atoms with Crippen LogP contribution >= 0.6 is 34.8 Å². The lowest BCUT2D eigenvalue weighted by Crippen LogP contribution is -2.21. The van der Waals surface area contributed by atoms with E-state index in [-0.39, 0.29) is 26.3 Å². The van der Waals surface area contributed by atoms with Gasteiger partial charge in [-0.1, -0.05) is 46.9 Å². The molecule has 1 amide bonds. The van der Waals surface area contributed by atoms with Crippen LogP contribution in [0.3, 0.4) is 0 Å². The Morgan fingerprint density at radius 3 is 2.42 bits per heavy atom. The monoisotopic (exact) mass is 387 g/mol. The molecule has 126 valence electrons. The van der Waals surface area contributed by atoms with Crippen molar-refractivity contribution in [2.75, 3.05) is 19.0 Å². The zero-order valence-electron chi connectivity index (χ0n) is 12.4. The third-order valence-corrected chi connectivity index (χ3v) is 3.98. The Labute approximate surface area is 153 Å². The van der Waals surface area contributed by atoms with E-state index in [1.807, 2.05) is 0 Å². The van der Waals surface area contributed by atoms with E-state index in [0.717, 1.165) is 0 Å². The maximum Gasteiger partial charge on any atom is 0.342 e. The summed E-state index contributed by atoms with van der Waals surface area (Å²) in [6, 6.07) is 9.35. The van der Waals surface area contributed by atoms with Gasteiger partial charge in [0.25, 0.3) is 5.91 Å². The number of amides is 1. The van der Waals surface area contributed by atoms with Gasteiger partial charge in [-0.3, -0.25) is 4.79 Å². The minimum absolute atomic E-state index is 0.216. The summed E-state index contributed by atoms with van der Waals surface area (Å²) in [5.41, 5.74) is 0.491. The Kier molecular flexibility index (Phi) is 6.31. The third-order valence-electron chi connectivity index (χ3n) is 2.95. The first-order valence-electron chi connectivity index (χ1n) is 6.67. The predicted octanol–water partition coefficient (Wildman–Crippen LogP) is 4.45. The largest absolute Gasteiger partial charge is 0.496 e. The molecule has 2 aromatic rings. The minimum atomic E-state index is -0.678. The van der Waals surface area contributed by atoms with Crippen LogP contribution in [-0.4, -0.2) is 25.6 Å². The third kappa shape index (κ3) is 4.54. The number of anilines is 1. The maximum atomic E-state index is 12.0. The first-order chi connectivity index (χ1) is 11.4. The van der Waals surface area contributed by atoms with Gasteiger partial charge in [0.05, 0.1) is 27.9 Å². The van der Waals surface area contributed by atoms with Gasteiger partial charge in [-0.15, -0.1) is 0 Å². The lowest BCUT2D eigenvalue weighted by atomic mass is 10.2. The SMILES string of the molecule is COc1ccccc1C(=O)OCC(=O)Nc1cc(Cl)c(Cl)cc1Cl. The Bertz CT molecular complexity index is 780. The standard InChI is InChI=1S/C16H12Cl3NO4/c1-23-14-5-3-2-4-9(14)16(22)24-8-15(21)20-13-7-11(18)10(17)6-12(13)19/h2-7H,8H2,1H3,(H,20,21). The summed E-state index contributed by atoms with van der Waals surface area (Å²) < 4.78 is 10.0. The normalized spacial score (nSPS) is 10.2. The van der Waals surface area contributed by atoms with E-state index >= 15 is 0 Å². The highest BCUT2D eigenvalue weighted by Gasteiger charge is 2.15. The summed E-state index contributed by atoms with van der Waals surface area (Å²) in [5.74, 6) is -0.892. The van der Waals surface area contributed by atoms with Crippen LogP contribution in [-0.2, 0) is 9.53 Å². The van der Waals surface area contributed by atoms with Gasteiger partial charge in [-0.25, -0.2) is 4.79 Å². The van der Waals surface area contributed by atoms with Crippen molar-refractivity contribution >= 4 is 52.4 Å². The van der Waals surface area contributed by atoms with Gasteiger partial charge in [0, 0.05) is 0 Å². The summed E-state index contributed by atoms with van der Waals surface area (Å²) in [7, 11) is 1.44. The highest BCUT2D eigenvalue weighted by molar-refractivity contribution is 6.44. The second kappa shape index (κ2) is 8.24. The smallest absolute Gasteiger partial charge is 0.342 e. The number of ether oxygens (including phenoxy) is 2. The number of esters is 1. The van der Waals surface area contributed by atoms with Crippen molar-refractivity contribution < 1.29 is 19.1 Å². The fraction of sp³-hybridized carbons (Fsp3) is 0.125. The summed E-state index contributed by atoms with van der Waals surface area (Å²) in [6.07, 6.45) is 0. The molecule has 0 heterocycles. The van der Waals surface area contributed by atoms with Crippen LogP contribution in [0.25, 0.3) is 0 Å². The van der Waals surface area contributed by atoms with Crippen LogP contribution in [0.4, 0.5) is 5.69 Å². The number of para-hydroxylation sites is 1. The van der Waals surface area contributed by atoms with Gasteiger partial charge in [0.2, 0.25) is 0 Å². The molecule has 0 unspecified atom stereocenters. The highest BCUT2D eigenvalue weighted by Crippen LogP contribution is 2.32. The molecule has 0 saturated carbocycles. The molecule has 0 saturated heterocycles. The average Bonchev–Trinajstić information content (AvgIpc) is 2.57. The van der Waals surface area contributed by atoms with Crippen molar-refractivity contribution in [3.8, 4) is 5.75 Å². The van der Waals surface area contributed by atoms with Gasteiger partial charge in [-0.2, -0.15) is 0 Å². The van der Waals surface area contributed by atoms with E-state index in [2.05, 4.69) is 5.32 Å². The number of rotatable bonds is 5. The van der Waals surface area contributed by atoms with Crippen molar-refractivity contribution in [3.05, 3.63) is 57.0 Å². The molecule has 2 aromatic carbocycles. The molecule has 0 aliphatic heterocycles. The van der Waals surface area contributed by atoms with E-state index < -0.39 is 18.5 Å². The number of hydrogen-bond acceptors (Lipinski definition) is 4. The van der Waals surface area contributed by atoms with E-state index in [4.69, 9.17) is 44.3 Å². The van der Waals surface area contributed by atoms with Gasteiger partial charge in [0.15, 0.2) is 6.61 Å². The van der Waals surface area contributed by atoms with Crippen molar-refractivity contribution in [3.63, 3.8) is 0 Å². The van der Waals surface area contributed by atoms with Crippen molar-refractivity contribution in [1.82, 2.24) is 0 Å². The summed E-state index contributed by atoms with van der Waals surface area (Å²) in [6.45, 7) is -0.493. The predicted molar refractivity (Wildman–Crippen MR) is 93.4 cm³/mol. The quantitative estimate of drug-likeness (QED) is 0.607. The van der Waals surface area contributed by atoms with Crippen LogP contribution in [0.5, 0.6) is 5.75 Å². The molecule has 0 atom stereocenters. The molecule has 24 heavy (non-hydrogen) atoms. The molecule has 8 heteroatoms. The lowest BCUT2D eigenvalue weighted by Gasteiger charge is -2.10. The molecule has 0 aromatic heterocycles. The van der Waals surface area contributed by atoms with E-state index in [0.29, 0.717) is 5.75 Å². The maximum absolute atomic E-state index is 12.0. The topological polar surface area (TPSA) is 64.6 Å². The molecule has 0 spiro atoms. The molecule has 0 fully saturated rings. The molecule has 2 rings (SSSR count). The Morgan fingerprint density at radius 2 is 1.71 bits per heavy atom. The Balaban J connectivity index is 1.98. The number of halogens is 3. The zero-order chi connectivity index (χ0) is 17.7. The van der Waals surface area contributed by atoms with Crippen molar-refractivity contribution in [2.24, 2.45) is 0 Å². The molecular weight excluding hydrogens is 377 g/mol. The first-order valence-corrected chi connectivity index (χ1v) is 7.80. The van der Waals surface area contributed by atoms with Crippen LogP contribution in [0.1, 0.15) is 10.4 Å². The van der Waals surface area contributed by atoms with E-state index in [1.165, 1.54) is 25.3 Å². The fourth-order valence-corrected chi connectivity index (χ4v) is 2.42. The molecule has 0 bridgehead atoms. The number of carbonyl (C=O) groups is 2. The van der Waals surface area contributed by atoms with Gasteiger partial charge in [-0.05, 0) is 24.3 Å². The number of nitrogens with one attached hydrogen (secondary N) is 1. The summed E-state index contributed by atoms with van der Waals surface area (Å²) in [5, 5.41) is 3.21. The molecular formula is C16H12Cl3NO4. The zero-order valence-corrected chi connectivity index (χ0v) is 14.7.